The van der Waals surface area contributed by atoms with Crippen molar-refractivity contribution in [3.63, 3.8) is 0 Å². The van der Waals surface area contributed by atoms with Gasteiger partial charge < -0.3 is 15.3 Å². The number of aliphatic hydroxyl groups is 3. The van der Waals surface area contributed by atoms with E-state index in [0.29, 0.717) is 6.54 Å². The van der Waals surface area contributed by atoms with Gasteiger partial charge in [0.25, 0.3) is 0 Å². The van der Waals surface area contributed by atoms with Crippen molar-refractivity contribution >= 4 is 0 Å². The Balaban J connectivity index is 2.37. The van der Waals surface area contributed by atoms with Crippen LogP contribution in [0.1, 0.15) is 25.7 Å². The van der Waals surface area contributed by atoms with Crippen molar-refractivity contribution in [2.45, 2.75) is 43.9 Å². The minimum Gasteiger partial charge on any atom is -0.394 e. The minimum absolute atomic E-state index is 0.143. The molecule has 3 N–H and O–H groups in total. The highest BCUT2D eigenvalue weighted by atomic mass is 16.3. The number of aliphatic hydroxyl groups excluding tert-OH is 3. The molecule has 84 valence electrons. The SMILES string of the molecule is CN(CC(O)CO)C1CCCCC1O. The van der Waals surface area contributed by atoms with Crippen LogP contribution in [0.3, 0.4) is 0 Å². The summed E-state index contributed by atoms with van der Waals surface area (Å²) >= 11 is 0. The summed E-state index contributed by atoms with van der Waals surface area (Å²) in [6.07, 6.45) is 3.09. The first-order valence-corrected chi connectivity index (χ1v) is 5.32. The van der Waals surface area contributed by atoms with Crippen LogP contribution in [0.2, 0.25) is 0 Å². The van der Waals surface area contributed by atoms with E-state index < -0.39 is 6.10 Å². The predicted octanol–water partition coefficient (Wildman–Crippen LogP) is -0.425. The molecule has 0 aromatic carbocycles. The fraction of sp³-hybridized carbons (Fsp3) is 1.00. The maximum Gasteiger partial charge on any atom is 0.0897 e. The fourth-order valence-corrected chi connectivity index (χ4v) is 2.13. The molecule has 0 bridgehead atoms. The van der Waals surface area contributed by atoms with E-state index in [1.165, 1.54) is 0 Å². The van der Waals surface area contributed by atoms with Gasteiger partial charge in [-0.2, -0.15) is 0 Å². The van der Waals surface area contributed by atoms with Gasteiger partial charge in [0.05, 0.1) is 18.8 Å². The molecule has 4 nitrogen and oxygen atoms in total. The summed E-state index contributed by atoms with van der Waals surface area (Å²) in [5.74, 6) is 0. The number of nitrogens with zero attached hydrogens (tertiary/aromatic N) is 1. The Labute approximate surface area is 85.2 Å². The standard InChI is InChI=1S/C10H21NO3/c1-11(6-8(13)7-12)9-4-2-3-5-10(9)14/h8-10,12-14H,2-7H2,1H3. The third-order valence-corrected chi connectivity index (χ3v) is 2.97. The molecule has 1 fully saturated rings. The van der Waals surface area contributed by atoms with Gasteiger partial charge in [0.2, 0.25) is 0 Å². The van der Waals surface area contributed by atoms with Gasteiger partial charge in [-0.25, -0.2) is 0 Å². The predicted molar refractivity (Wildman–Crippen MR) is 54.0 cm³/mol. The smallest absolute Gasteiger partial charge is 0.0897 e. The lowest BCUT2D eigenvalue weighted by Gasteiger charge is -2.35. The van der Waals surface area contributed by atoms with Gasteiger partial charge in [-0.05, 0) is 19.9 Å². The summed E-state index contributed by atoms with van der Waals surface area (Å²) in [6, 6.07) is 0.143. The minimum atomic E-state index is -0.700. The second-order valence-electron chi connectivity index (χ2n) is 4.20. The quantitative estimate of drug-likeness (QED) is 0.580. The van der Waals surface area contributed by atoms with Crippen LogP contribution in [-0.4, -0.2) is 58.7 Å². The molecule has 0 spiro atoms. The summed E-state index contributed by atoms with van der Waals surface area (Å²) < 4.78 is 0. The molecule has 0 aromatic rings. The Morgan fingerprint density at radius 3 is 2.57 bits per heavy atom. The molecule has 0 heterocycles. The topological polar surface area (TPSA) is 63.9 Å². The maximum atomic E-state index is 9.74. The van der Waals surface area contributed by atoms with E-state index in [1.54, 1.807) is 0 Å². The van der Waals surface area contributed by atoms with Crippen molar-refractivity contribution in [3.05, 3.63) is 0 Å². The van der Waals surface area contributed by atoms with Gasteiger partial charge in [0.1, 0.15) is 0 Å². The normalized spacial score (nSPS) is 30.6. The molecule has 0 saturated heterocycles. The summed E-state index contributed by atoms with van der Waals surface area (Å²) in [7, 11) is 1.89. The summed E-state index contributed by atoms with van der Waals surface area (Å²) in [5, 5.41) is 27.7. The average molecular weight is 203 g/mol. The van der Waals surface area contributed by atoms with Crippen LogP contribution < -0.4 is 0 Å². The highest BCUT2D eigenvalue weighted by molar-refractivity contribution is 4.82. The van der Waals surface area contributed by atoms with Crippen molar-refractivity contribution in [1.29, 1.82) is 0 Å². The monoisotopic (exact) mass is 203 g/mol. The molecular weight excluding hydrogens is 182 g/mol. The molecule has 0 radical (unpaired) electrons. The number of likely N-dealkylation sites (N-methyl/N-ethyl adjacent to an activating group) is 1. The van der Waals surface area contributed by atoms with Crippen molar-refractivity contribution < 1.29 is 15.3 Å². The average Bonchev–Trinajstić information content (AvgIpc) is 2.18. The Hall–Kier alpha value is -0.160. The summed E-state index contributed by atoms with van der Waals surface area (Å²) in [6.45, 7) is 0.214. The van der Waals surface area contributed by atoms with Crippen LogP contribution in [0.15, 0.2) is 0 Å². The Kier molecular flexibility index (Phi) is 4.81. The summed E-state index contributed by atoms with van der Waals surface area (Å²) in [4.78, 5) is 1.95. The maximum absolute atomic E-state index is 9.74. The van der Waals surface area contributed by atoms with E-state index in [2.05, 4.69) is 0 Å². The first kappa shape index (κ1) is 11.9. The van der Waals surface area contributed by atoms with E-state index >= 15 is 0 Å². The Morgan fingerprint density at radius 1 is 1.36 bits per heavy atom. The van der Waals surface area contributed by atoms with Crippen LogP contribution in [0.4, 0.5) is 0 Å². The van der Waals surface area contributed by atoms with Crippen molar-refractivity contribution in [2.24, 2.45) is 0 Å². The first-order chi connectivity index (χ1) is 6.65. The van der Waals surface area contributed by atoms with Crippen molar-refractivity contribution in [3.8, 4) is 0 Å². The van der Waals surface area contributed by atoms with Gasteiger partial charge in [-0.1, -0.05) is 12.8 Å². The number of rotatable bonds is 4. The molecule has 1 rings (SSSR count). The van der Waals surface area contributed by atoms with Gasteiger partial charge in [-0.15, -0.1) is 0 Å². The van der Waals surface area contributed by atoms with E-state index in [1.807, 2.05) is 11.9 Å². The zero-order valence-electron chi connectivity index (χ0n) is 8.76. The molecule has 1 saturated carbocycles. The molecule has 3 atom stereocenters. The van der Waals surface area contributed by atoms with E-state index in [-0.39, 0.29) is 18.8 Å². The third kappa shape index (κ3) is 3.20. The molecule has 0 amide bonds. The van der Waals surface area contributed by atoms with Crippen LogP contribution in [-0.2, 0) is 0 Å². The lowest BCUT2D eigenvalue weighted by molar-refractivity contribution is -0.000687. The molecule has 3 unspecified atom stereocenters. The van der Waals surface area contributed by atoms with Gasteiger partial charge in [0.15, 0.2) is 0 Å². The van der Waals surface area contributed by atoms with E-state index in [4.69, 9.17) is 5.11 Å². The highest BCUT2D eigenvalue weighted by Crippen LogP contribution is 2.22. The molecule has 0 aromatic heterocycles. The Bertz CT molecular complexity index is 165. The largest absolute Gasteiger partial charge is 0.394 e. The molecule has 0 aliphatic heterocycles. The van der Waals surface area contributed by atoms with Crippen molar-refractivity contribution in [1.82, 2.24) is 4.90 Å². The summed E-state index contributed by atoms with van der Waals surface area (Å²) in [5.41, 5.74) is 0. The van der Waals surface area contributed by atoms with Crippen LogP contribution in [0.25, 0.3) is 0 Å². The van der Waals surface area contributed by atoms with E-state index in [9.17, 15) is 10.2 Å². The molecular formula is C10H21NO3. The molecule has 1 aliphatic rings. The second kappa shape index (κ2) is 5.66. The number of hydrogen-bond acceptors (Lipinski definition) is 4. The van der Waals surface area contributed by atoms with Crippen LogP contribution in [0, 0.1) is 0 Å². The van der Waals surface area contributed by atoms with Gasteiger partial charge >= 0.3 is 0 Å². The van der Waals surface area contributed by atoms with Crippen LogP contribution >= 0.6 is 0 Å². The van der Waals surface area contributed by atoms with Crippen LogP contribution in [0.5, 0.6) is 0 Å². The molecule has 4 heteroatoms. The zero-order chi connectivity index (χ0) is 10.6. The fourth-order valence-electron chi connectivity index (χ4n) is 2.13. The van der Waals surface area contributed by atoms with Gasteiger partial charge in [-0.3, -0.25) is 4.90 Å². The third-order valence-electron chi connectivity index (χ3n) is 2.97. The zero-order valence-corrected chi connectivity index (χ0v) is 8.76. The lowest BCUT2D eigenvalue weighted by atomic mass is 9.91. The first-order valence-electron chi connectivity index (χ1n) is 5.32. The van der Waals surface area contributed by atoms with E-state index in [0.717, 1.165) is 25.7 Å². The molecule has 1 aliphatic carbocycles. The van der Waals surface area contributed by atoms with Gasteiger partial charge in [0, 0.05) is 12.6 Å². The highest BCUT2D eigenvalue weighted by Gasteiger charge is 2.27. The molecule has 14 heavy (non-hydrogen) atoms. The lowest BCUT2D eigenvalue weighted by Crippen LogP contribution is -2.46. The number of hydrogen-bond donors (Lipinski definition) is 3. The van der Waals surface area contributed by atoms with Crippen molar-refractivity contribution in [2.75, 3.05) is 20.2 Å². The Morgan fingerprint density at radius 2 is 2.00 bits per heavy atom. The second-order valence-corrected chi connectivity index (χ2v) is 4.20.